The van der Waals surface area contributed by atoms with Crippen LogP contribution in [0.25, 0.3) is 0 Å². The van der Waals surface area contributed by atoms with Crippen molar-refractivity contribution in [2.75, 3.05) is 0 Å². The first-order valence-corrected chi connectivity index (χ1v) is 15.6. The topological polar surface area (TPSA) is 180 Å². The predicted molar refractivity (Wildman–Crippen MR) is 166 cm³/mol. The van der Waals surface area contributed by atoms with Crippen molar-refractivity contribution in [1.82, 2.24) is 21.9 Å². The molecule has 0 rings (SSSR count). The third-order valence-electron chi connectivity index (χ3n) is 6.77. The third-order valence-corrected chi connectivity index (χ3v) is 6.77. The van der Waals surface area contributed by atoms with Crippen LogP contribution in [0, 0.1) is 29.1 Å². The van der Waals surface area contributed by atoms with Gasteiger partial charge in [0.05, 0.1) is 0 Å². The molecule has 14 heteroatoms. The Morgan fingerprint density at radius 2 is 0.867 bits per heavy atom. The molecule has 6 atom stereocenters. The minimum absolute atomic E-state index is 0.266. The van der Waals surface area contributed by atoms with Crippen LogP contribution in [0.2, 0.25) is 0 Å². The van der Waals surface area contributed by atoms with Crippen molar-refractivity contribution in [3.05, 3.63) is 0 Å². The maximum absolute atomic E-state index is 13.1. The highest BCUT2D eigenvalue weighted by molar-refractivity contribution is 5.84. The quantitative estimate of drug-likeness (QED) is 0.127. The normalized spacial score (nSPS) is 16.2. The number of hydrogen-bond donors (Lipinski definition) is 4. The lowest BCUT2D eigenvalue weighted by Crippen LogP contribution is -2.51. The van der Waals surface area contributed by atoms with E-state index >= 15 is 0 Å². The number of amides is 4. The minimum Gasteiger partial charge on any atom is -0.458 e. The molecule has 0 aromatic heterocycles. The summed E-state index contributed by atoms with van der Waals surface area (Å²) in [6.07, 6.45) is -3.49. The zero-order chi connectivity index (χ0) is 35.3. The van der Waals surface area contributed by atoms with Crippen molar-refractivity contribution in [2.24, 2.45) is 29.1 Å². The van der Waals surface area contributed by atoms with Crippen LogP contribution in [-0.2, 0) is 48.1 Å². The molecule has 14 nitrogen and oxygen atoms in total. The van der Waals surface area contributed by atoms with E-state index in [0.29, 0.717) is 12.8 Å². The summed E-state index contributed by atoms with van der Waals surface area (Å²) in [6.45, 7) is 24.4. The lowest BCUT2D eigenvalue weighted by atomic mass is 9.96. The summed E-state index contributed by atoms with van der Waals surface area (Å²) in [5, 5.41) is 0. The number of nitrogens with one attached hydrogen (secondary N) is 4. The molecule has 4 N–H and O–H groups in total. The van der Waals surface area contributed by atoms with Crippen molar-refractivity contribution in [3.8, 4) is 0 Å². The van der Waals surface area contributed by atoms with Gasteiger partial charge in [-0.25, -0.2) is 26.7 Å². The van der Waals surface area contributed by atoms with E-state index in [1.165, 1.54) is 0 Å². The average molecular weight is 647 g/mol. The second-order valence-corrected chi connectivity index (χ2v) is 14.0. The number of ether oxygens (including phenoxy) is 1. The molecule has 0 aromatic rings. The number of esters is 1. The maximum Gasteiger partial charge on any atom is 0.338 e. The van der Waals surface area contributed by atoms with Crippen LogP contribution in [0.1, 0.15) is 110 Å². The van der Waals surface area contributed by atoms with E-state index in [-0.39, 0.29) is 17.8 Å². The smallest absolute Gasteiger partial charge is 0.338 e. The molecule has 0 spiro atoms. The summed E-state index contributed by atoms with van der Waals surface area (Å²) >= 11 is 0. The van der Waals surface area contributed by atoms with E-state index in [2.05, 4.69) is 21.9 Å². The highest BCUT2D eigenvalue weighted by atomic mass is 16.7. The Hall–Kier alpha value is -2.81. The molecule has 3 unspecified atom stereocenters. The molecular weight excluding hydrogens is 588 g/mol. The number of carbonyl (C=O) groups is 5. The second kappa shape index (κ2) is 19.0. The third kappa shape index (κ3) is 15.4. The van der Waals surface area contributed by atoms with Crippen molar-refractivity contribution < 1.29 is 48.1 Å². The van der Waals surface area contributed by atoms with Gasteiger partial charge in [-0.15, -0.1) is 0 Å². The Balaban J connectivity index is 5.47. The SMILES string of the molecule is CCC(C)[C@@H](ONC(=O)[C@H](ONC(=O)C(C)(C)C)C(C)C)C(=O)NOC(C(=O)NO[C@@H](C(=O)OC(C)(C)C)C(C)CC)C(C)C. The molecule has 0 saturated heterocycles. The van der Waals surface area contributed by atoms with Crippen LogP contribution in [-0.4, -0.2) is 59.6 Å². The Kier molecular flexibility index (Phi) is 17.8. The molecule has 4 amide bonds. The highest BCUT2D eigenvalue weighted by Crippen LogP contribution is 2.18. The van der Waals surface area contributed by atoms with E-state index in [4.69, 9.17) is 24.1 Å². The summed E-state index contributed by atoms with van der Waals surface area (Å²) in [6, 6.07) is 0. The molecule has 0 aromatic carbocycles. The zero-order valence-electron chi connectivity index (χ0n) is 29.6. The summed E-state index contributed by atoms with van der Waals surface area (Å²) in [7, 11) is 0. The van der Waals surface area contributed by atoms with E-state index < -0.39 is 70.9 Å². The molecule has 262 valence electrons. The Bertz CT molecular complexity index is 974. The van der Waals surface area contributed by atoms with Gasteiger partial charge in [-0.1, -0.05) is 89.0 Å². The van der Waals surface area contributed by atoms with E-state index in [1.807, 2.05) is 13.8 Å². The first-order chi connectivity index (χ1) is 20.6. The molecule has 45 heavy (non-hydrogen) atoms. The van der Waals surface area contributed by atoms with Gasteiger partial charge in [-0.3, -0.25) is 38.5 Å². The Morgan fingerprint density at radius 3 is 1.22 bits per heavy atom. The van der Waals surface area contributed by atoms with Gasteiger partial charge in [0.15, 0.2) is 24.4 Å². The Labute approximate surface area is 268 Å². The molecule has 0 aliphatic carbocycles. The first-order valence-electron chi connectivity index (χ1n) is 15.6. The minimum atomic E-state index is -1.21. The van der Waals surface area contributed by atoms with Crippen molar-refractivity contribution >= 4 is 29.6 Å². The van der Waals surface area contributed by atoms with Gasteiger partial charge in [0, 0.05) is 5.41 Å². The number of carbonyl (C=O) groups excluding carboxylic acids is 5. The van der Waals surface area contributed by atoms with E-state index in [1.54, 1.807) is 83.1 Å². The molecule has 0 bridgehead atoms. The first kappa shape index (κ1) is 42.2. The molecule has 0 aliphatic heterocycles. The highest BCUT2D eigenvalue weighted by Gasteiger charge is 2.35. The van der Waals surface area contributed by atoms with Gasteiger partial charge in [-0.05, 0) is 44.4 Å². The van der Waals surface area contributed by atoms with Crippen molar-refractivity contribution in [3.63, 3.8) is 0 Å². The van der Waals surface area contributed by atoms with Gasteiger partial charge >= 0.3 is 5.97 Å². The predicted octanol–water partition coefficient (Wildman–Crippen LogP) is 3.44. The molecule has 0 radical (unpaired) electrons. The Morgan fingerprint density at radius 1 is 0.533 bits per heavy atom. The molecule has 0 aliphatic rings. The summed E-state index contributed by atoms with van der Waals surface area (Å²) in [5.41, 5.74) is 7.60. The zero-order valence-corrected chi connectivity index (χ0v) is 29.6. The number of hydroxylamine groups is 4. The maximum atomic E-state index is 13.1. The fraction of sp³-hybridized carbons (Fsp3) is 0.839. The summed E-state index contributed by atoms with van der Waals surface area (Å²) in [5.74, 6) is -4.65. The van der Waals surface area contributed by atoms with Crippen molar-refractivity contribution in [2.45, 2.75) is 140 Å². The van der Waals surface area contributed by atoms with Crippen LogP contribution in [0.4, 0.5) is 0 Å². The van der Waals surface area contributed by atoms with Crippen LogP contribution in [0.15, 0.2) is 0 Å². The second-order valence-electron chi connectivity index (χ2n) is 14.0. The van der Waals surface area contributed by atoms with Gasteiger partial charge in [0.2, 0.25) is 5.91 Å². The molecule has 0 heterocycles. The number of hydrogen-bond acceptors (Lipinski definition) is 10. The van der Waals surface area contributed by atoms with Crippen LogP contribution < -0.4 is 21.9 Å². The summed E-state index contributed by atoms with van der Waals surface area (Å²) < 4.78 is 5.43. The molecule has 0 fully saturated rings. The lowest BCUT2D eigenvalue weighted by Gasteiger charge is -2.28. The van der Waals surface area contributed by atoms with Crippen LogP contribution in [0.3, 0.4) is 0 Å². The van der Waals surface area contributed by atoms with Gasteiger partial charge in [0.25, 0.3) is 17.7 Å². The molecular formula is C31H58N4O10. The fourth-order valence-corrected chi connectivity index (χ4v) is 3.41. The van der Waals surface area contributed by atoms with Crippen LogP contribution in [0.5, 0.6) is 0 Å². The van der Waals surface area contributed by atoms with Crippen LogP contribution >= 0.6 is 0 Å². The van der Waals surface area contributed by atoms with E-state index in [9.17, 15) is 24.0 Å². The van der Waals surface area contributed by atoms with E-state index in [0.717, 1.165) is 0 Å². The largest absolute Gasteiger partial charge is 0.458 e. The van der Waals surface area contributed by atoms with Crippen molar-refractivity contribution in [1.29, 1.82) is 0 Å². The average Bonchev–Trinajstić information content (AvgIpc) is 2.90. The lowest BCUT2D eigenvalue weighted by molar-refractivity contribution is -0.186. The van der Waals surface area contributed by atoms with Gasteiger partial charge in [0.1, 0.15) is 5.60 Å². The number of rotatable bonds is 18. The molecule has 0 saturated carbocycles. The van der Waals surface area contributed by atoms with Gasteiger partial charge in [-0.2, -0.15) is 0 Å². The summed E-state index contributed by atoms with van der Waals surface area (Å²) in [4.78, 5) is 85.7. The standard InChI is InChI=1S/C31H58N4O10/c1-15-19(7)23(44-32-26(37)22(18(5)6)43-35-29(40)30(9,10)11)27(38)34-42-21(17(3)4)25(36)33-45-24(20(8)16-2)28(39)41-31(12,13)14/h17-24H,15-16H2,1-14H3,(H,32,37)(H,33,36)(H,34,38)(H,35,40)/t19?,20?,21?,22-,23-,24-/m1/s1. The monoisotopic (exact) mass is 646 g/mol. The van der Waals surface area contributed by atoms with Gasteiger partial charge < -0.3 is 4.74 Å². The fourth-order valence-electron chi connectivity index (χ4n) is 3.41.